The summed E-state index contributed by atoms with van der Waals surface area (Å²) in [5.41, 5.74) is 19.4. The predicted octanol–water partition coefficient (Wildman–Crippen LogP) is -1.09. The fourth-order valence-corrected chi connectivity index (χ4v) is 18.2. The van der Waals surface area contributed by atoms with E-state index in [1.54, 1.807) is 56.4 Å². The number of hydrogen-bond donors (Lipinski definition) is 19. The molecule has 0 aliphatic carbocycles. The third-order valence-corrected chi connectivity index (χ3v) is 25.9. The van der Waals surface area contributed by atoms with Crippen molar-refractivity contribution >= 4 is 134 Å². The molecule has 3 aliphatic rings. The van der Waals surface area contributed by atoms with Gasteiger partial charge in [-0.15, -0.1) is 16.9 Å². The van der Waals surface area contributed by atoms with Gasteiger partial charge >= 0.3 is 0 Å². The Labute approximate surface area is 801 Å². The maximum Gasteiger partial charge on any atom is 0.248 e. The number of aliphatic hydroxyl groups excluding tert-OH is 2. The third-order valence-electron chi connectivity index (χ3n) is 24.8. The smallest absolute Gasteiger partial charge is 0.248 e. The summed E-state index contributed by atoms with van der Waals surface area (Å²) in [6.45, 7) is 6.25. The zero-order chi connectivity index (χ0) is 100. The minimum atomic E-state index is -1.83. The molecule has 44 nitrogen and oxygen atoms in total. The number of aliphatic hydroxyl groups is 2. The summed E-state index contributed by atoms with van der Waals surface area (Å²) in [6, 6.07) is 5.85. The number of carbonyl (C=O) groups is 16. The van der Waals surface area contributed by atoms with Gasteiger partial charge in [-0.25, -0.2) is 9.67 Å². The summed E-state index contributed by atoms with van der Waals surface area (Å²) in [6.07, 6.45) is 2.24. The van der Waals surface area contributed by atoms with Crippen LogP contribution in [-0.2, 0) is 102 Å². The number of thioether (sulfide) groups is 1. The topological polar surface area (TPSA) is 657 Å². The highest BCUT2D eigenvalue weighted by Crippen LogP contribution is 2.32. The second-order valence-corrected chi connectivity index (χ2v) is 36.6. The van der Waals surface area contributed by atoms with Crippen LogP contribution < -0.4 is 70.4 Å². The van der Waals surface area contributed by atoms with Crippen molar-refractivity contribution in [1.82, 2.24) is 108 Å². The monoisotopic (exact) mass is 1930 g/mol. The number of phenols is 1. The molecule has 10 rings (SSSR count). The fourth-order valence-electron chi connectivity index (χ4n) is 17.4. The van der Waals surface area contributed by atoms with Crippen LogP contribution in [0.5, 0.6) is 5.75 Å². The Kier molecular flexibility index (Phi) is 39.0. The number of primary amides is 2. The van der Waals surface area contributed by atoms with Crippen LogP contribution in [0.15, 0.2) is 110 Å². The second-order valence-electron chi connectivity index (χ2n) is 35.6. The third kappa shape index (κ3) is 29.1. The van der Waals surface area contributed by atoms with Crippen molar-refractivity contribution in [3.05, 3.63) is 138 Å². The predicted molar refractivity (Wildman–Crippen MR) is 506 cm³/mol. The van der Waals surface area contributed by atoms with Crippen molar-refractivity contribution in [3.63, 3.8) is 0 Å². The van der Waals surface area contributed by atoms with Gasteiger partial charge in [-0.05, 0) is 114 Å². The number of aromatic nitrogens is 7. The van der Waals surface area contributed by atoms with Crippen LogP contribution in [0.3, 0.4) is 0 Å². The number of tetrazole rings is 1. The average Bonchev–Trinajstić information content (AvgIpc) is 1.56. The number of aromatic amines is 2. The molecule has 2 fully saturated rings. The molecule has 0 bridgehead atoms. The van der Waals surface area contributed by atoms with Crippen LogP contribution in [0, 0.1) is 17.2 Å². The van der Waals surface area contributed by atoms with Crippen molar-refractivity contribution in [1.29, 1.82) is 5.41 Å². The van der Waals surface area contributed by atoms with Gasteiger partial charge in [0.25, 0.3) is 0 Å². The first-order valence-corrected chi connectivity index (χ1v) is 47.5. The zero-order valence-corrected chi connectivity index (χ0v) is 79.2. The number of ketones is 1. The molecule has 0 spiro atoms. The molecule has 3 aliphatic heterocycles. The highest BCUT2D eigenvalue weighted by Gasteiger charge is 2.47. The van der Waals surface area contributed by atoms with E-state index in [0.717, 1.165) is 37.2 Å². The Bertz CT molecular complexity index is 5480. The number of amides is 15. The molecule has 6 heterocycles. The number of imidazole rings is 1. The summed E-state index contributed by atoms with van der Waals surface area (Å²) in [5.74, 6) is -17.8. The summed E-state index contributed by atoms with van der Waals surface area (Å²) < 4.78 is 1.23. The number of Topliss-reactive ketones (excluding diaryl/α,β-unsaturated/α-hetero) is 1. The number of benzene rings is 4. The highest BCUT2D eigenvalue weighted by molar-refractivity contribution is 8.00. The first-order valence-electron chi connectivity index (χ1n) is 46.4. The van der Waals surface area contributed by atoms with Crippen molar-refractivity contribution in [2.45, 2.75) is 235 Å². The lowest BCUT2D eigenvalue weighted by atomic mass is 9.91. The number of rotatable bonds is 26. The Morgan fingerprint density at radius 1 is 0.609 bits per heavy atom. The van der Waals surface area contributed by atoms with E-state index < -0.39 is 235 Å². The number of H-pyrrole nitrogens is 2. The Hall–Kier alpha value is -14.0. The highest BCUT2D eigenvalue weighted by atomic mass is 32.2. The number of nitrogens with two attached hydrogens (primary N) is 3. The zero-order valence-electron chi connectivity index (χ0n) is 78.3. The number of aromatic hydroxyl groups is 1. The molecule has 15 amide bonds. The molecule has 45 heteroatoms. The number of unbranched alkanes of at least 4 members (excludes halogenated alkanes) is 2. The van der Waals surface area contributed by atoms with Gasteiger partial charge < -0.3 is 115 Å². The fraction of sp³-hybridized carbons (Fsp3) is 0.516. The van der Waals surface area contributed by atoms with Crippen LogP contribution in [0.2, 0.25) is 0 Å². The first-order chi connectivity index (χ1) is 65.9. The molecule has 7 aromatic rings. The van der Waals surface area contributed by atoms with E-state index in [1.807, 2.05) is 44.2 Å². The van der Waals surface area contributed by atoms with E-state index in [1.165, 1.54) is 67.4 Å². The summed E-state index contributed by atoms with van der Waals surface area (Å²) in [7, 11) is 2.61. The van der Waals surface area contributed by atoms with Crippen molar-refractivity contribution < 1.29 is 92.0 Å². The second kappa shape index (κ2) is 50.7. The van der Waals surface area contributed by atoms with Crippen molar-refractivity contribution in [3.8, 4) is 5.75 Å². The minimum absolute atomic E-state index is 0.00125. The number of hydrogen-bond acceptors (Lipinski definition) is 25. The van der Waals surface area contributed by atoms with Crippen molar-refractivity contribution in [2.24, 2.45) is 29.0 Å². The van der Waals surface area contributed by atoms with E-state index in [2.05, 4.69) is 83.6 Å². The van der Waals surface area contributed by atoms with Gasteiger partial charge in [-0.1, -0.05) is 126 Å². The van der Waals surface area contributed by atoms with Crippen molar-refractivity contribution in [2.75, 3.05) is 58.4 Å². The summed E-state index contributed by atoms with van der Waals surface area (Å²) >= 11 is 0.772. The number of phenolic OH excluding ortho intramolecular Hbond substituents is 1. The quantitative estimate of drug-likeness (QED) is 0.0174. The lowest BCUT2D eigenvalue weighted by Gasteiger charge is -2.32. The average molecular weight is 1930 g/mol. The number of likely N-dealkylation sites (N-methyl/N-ethyl adjacent to an activating group) is 2. The van der Waals surface area contributed by atoms with Gasteiger partial charge in [-0.2, -0.15) is 0 Å². The van der Waals surface area contributed by atoms with E-state index in [-0.39, 0.29) is 108 Å². The number of guanidine groups is 1. The Balaban J connectivity index is 1.04. The van der Waals surface area contributed by atoms with Gasteiger partial charge in [0.05, 0.1) is 55.8 Å². The Morgan fingerprint density at radius 2 is 1.25 bits per heavy atom. The standard InChI is InChI=1S/C93H127N25O19S/c1-8-10-26-73-87(132)104-64(25-17-33-99-93(96)97)84(129)110-71(83(128)101-45-78(95)124)48-138-49-79(125)103-68(36-53-29-31-59(120)32-30-53)89(134)114(6)52(5)81(126)107-69(42-77(94)123)90(135)116-34-18-28-72(116)76(122)40-56(37-58-44-98-50-102-58)82(127)108-67(35-51(3)4)91(136)117-46-60(121)41-75(117)88(133)106-66(39-57-43-100-63-24-15-14-23-62(57)63)85(130)109-70(47-119)86(131)105-65(38-55-21-16-20-54-19-12-13-22-61(54)55)80-111-112-113-118(80)74(27-11-9-2)92(137)115(73)7/h12-16,19-24,29-32,43-44,50-52,56,60,64-75,100,119-121H,8-11,17-18,25-28,33-42,45-49H2,1-7H3,(H2,94,123)(H2,95,124)(H,98,102)(H,101,128)(H,103,125)(H,104,132)(H,105,131)(H,106,133)(H,107,126)(H,108,127)(H,109,130)(H,110,129)(H4,96,97,99)/t52-,56+,60+,64-,65-,66-,67-,68-,69-,70-,71-,72?,73-,74-,75-/m0/s1. The largest absolute Gasteiger partial charge is 0.508 e. The lowest BCUT2D eigenvalue weighted by Crippen LogP contribution is -2.59. The number of carbonyl (C=O) groups excluding carboxylic acids is 16. The number of nitrogens with one attached hydrogen (secondary N) is 13. The van der Waals surface area contributed by atoms with Gasteiger partial charge in [-0.3, -0.25) is 82.1 Å². The minimum Gasteiger partial charge on any atom is -0.508 e. The van der Waals surface area contributed by atoms with Gasteiger partial charge in [0, 0.05) is 107 Å². The number of para-hydroxylation sites is 1. The first kappa shape index (κ1) is 106. The number of fused-ring (bicyclic) bond motifs is 5. The maximum atomic E-state index is 15.9. The molecule has 1 unspecified atom stereocenters. The van der Waals surface area contributed by atoms with E-state index in [0.29, 0.717) is 59.0 Å². The van der Waals surface area contributed by atoms with Crippen LogP contribution in [-0.4, -0.2) is 301 Å². The molecular formula is C93H127N25O19S. The lowest BCUT2D eigenvalue weighted by molar-refractivity contribution is -0.145. The SMILES string of the molecule is CCCC[C@H]1C(=O)N[C@@H](CCCNC(=N)N)C(=O)N[C@H](C(=O)NCC(N)=O)CSCC(=O)N[C@@H](Cc2ccc(O)cc2)C(=O)N(C)[C@@H](C)C(=O)N[C@@H](CC(N)=O)C(=O)N2CCCC2C(=O)C[C@@H](Cc2cnc[nH]2)C(=O)N[C@@H](CC(C)C)C(=O)N2C[C@H](O)C[C@H]2C(=O)N[C@@H](Cc2c[nH]c3ccccc23)C(=O)N[C@@H](CO)C(=O)N[C@@H](Cc2cccc3ccccc23)c2nnnn2[C@@H](CCCC)C(=O)N1C. The van der Waals surface area contributed by atoms with E-state index in [9.17, 15) is 48.9 Å². The molecule has 138 heavy (non-hydrogen) atoms. The van der Waals surface area contributed by atoms with Gasteiger partial charge in [0.15, 0.2) is 17.6 Å². The van der Waals surface area contributed by atoms with Crippen LogP contribution in [0.25, 0.3) is 21.7 Å². The van der Waals surface area contributed by atoms with Crippen LogP contribution >= 0.6 is 11.8 Å². The summed E-state index contributed by atoms with van der Waals surface area (Å²) in [5, 5.41) is 83.1. The van der Waals surface area contributed by atoms with Crippen LogP contribution in [0.4, 0.5) is 0 Å². The molecule has 2 saturated heterocycles. The number of nitrogens with zero attached hydrogens (tertiary/aromatic N) is 9. The molecule has 0 saturated carbocycles. The summed E-state index contributed by atoms with van der Waals surface area (Å²) in [4.78, 5) is 251. The molecule has 3 aromatic heterocycles. The molecule has 0 radical (unpaired) electrons. The Morgan fingerprint density at radius 3 is 1.94 bits per heavy atom. The van der Waals surface area contributed by atoms with E-state index in [4.69, 9.17) is 22.6 Å². The molecule has 744 valence electrons. The molecular weight excluding hydrogens is 1800 g/mol. The maximum absolute atomic E-state index is 15.9. The molecule has 4 aromatic carbocycles. The van der Waals surface area contributed by atoms with E-state index >= 15 is 43.2 Å². The van der Waals surface area contributed by atoms with Gasteiger partial charge in [0.2, 0.25) is 88.6 Å². The van der Waals surface area contributed by atoms with Gasteiger partial charge in [0.1, 0.15) is 72.2 Å². The van der Waals surface area contributed by atoms with Crippen LogP contribution in [0.1, 0.15) is 165 Å². The molecule has 22 N–H and O–H groups in total. The molecule has 15 atom stereocenters. The normalized spacial score (nSPS) is 24.3.